The third-order valence-corrected chi connectivity index (χ3v) is 5.82. The molecule has 0 unspecified atom stereocenters. The number of hydrogen-bond acceptors (Lipinski definition) is 6. The number of carbonyl (C=O) groups excluding carboxylic acids is 1. The second-order valence-electron chi connectivity index (χ2n) is 7.87. The first-order valence-corrected chi connectivity index (χ1v) is 11.0. The topological polar surface area (TPSA) is 79.2 Å². The van der Waals surface area contributed by atoms with E-state index in [0.717, 1.165) is 29.9 Å². The Labute approximate surface area is 190 Å². The van der Waals surface area contributed by atoms with Crippen LogP contribution in [0.25, 0.3) is 16.7 Å². The molecule has 0 saturated carbocycles. The molecule has 0 atom stereocenters. The fourth-order valence-electron chi connectivity index (χ4n) is 4.06. The van der Waals surface area contributed by atoms with E-state index in [4.69, 9.17) is 0 Å². The molecule has 0 aliphatic carbocycles. The zero-order valence-corrected chi connectivity index (χ0v) is 18.1. The maximum absolute atomic E-state index is 13.1. The smallest absolute Gasteiger partial charge is 0.224 e. The van der Waals surface area contributed by atoms with Gasteiger partial charge in [0.2, 0.25) is 5.91 Å². The largest absolute Gasteiger partial charge is 0.369 e. The highest BCUT2D eigenvalue weighted by atomic mass is 19.1. The molecule has 168 valence electrons. The van der Waals surface area contributed by atoms with Crippen LogP contribution in [0, 0.1) is 5.82 Å². The van der Waals surface area contributed by atoms with Gasteiger partial charge in [-0.1, -0.05) is 18.2 Å². The summed E-state index contributed by atoms with van der Waals surface area (Å²) in [5.41, 5.74) is 2.61. The zero-order valence-electron chi connectivity index (χ0n) is 18.1. The summed E-state index contributed by atoms with van der Waals surface area (Å²) in [4.78, 5) is 25.5. The van der Waals surface area contributed by atoms with Crippen molar-refractivity contribution in [1.29, 1.82) is 0 Å². The first-order valence-electron chi connectivity index (χ1n) is 11.0. The number of anilines is 2. The quantitative estimate of drug-likeness (QED) is 0.491. The van der Waals surface area contributed by atoms with E-state index in [2.05, 4.69) is 25.3 Å². The minimum atomic E-state index is -0.242. The summed E-state index contributed by atoms with van der Waals surface area (Å²) in [6.45, 7) is 3.24. The van der Waals surface area contributed by atoms with Gasteiger partial charge in [-0.2, -0.15) is 5.10 Å². The van der Waals surface area contributed by atoms with Crippen molar-refractivity contribution in [3.63, 3.8) is 0 Å². The SMILES string of the molecule is O=C(CCNc1ncnc2c1cnn2-c1ccccc1)N1CCN(c2ccc(F)cc2)CC1. The van der Waals surface area contributed by atoms with Crippen LogP contribution in [-0.4, -0.2) is 63.3 Å². The number of fused-ring (bicyclic) bond motifs is 1. The molecule has 1 aliphatic rings. The number of amides is 1. The molecule has 9 heteroatoms. The van der Waals surface area contributed by atoms with Crippen LogP contribution in [0.5, 0.6) is 0 Å². The van der Waals surface area contributed by atoms with Crippen LogP contribution in [0.15, 0.2) is 67.1 Å². The van der Waals surface area contributed by atoms with Crippen LogP contribution in [-0.2, 0) is 4.79 Å². The van der Waals surface area contributed by atoms with Gasteiger partial charge >= 0.3 is 0 Å². The lowest BCUT2D eigenvalue weighted by Gasteiger charge is -2.36. The summed E-state index contributed by atoms with van der Waals surface area (Å²) in [5.74, 6) is 0.524. The highest BCUT2D eigenvalue weighted by Crippen LogP contribution is 2.22. The van der Waals surface area contributed by atoms with Gasteiger partial charge in [0.1, 0.15) is 18.0 Å². The Morgan fingerprint density at radius 2 is 1.70 bits per heavy atom. The molecule has 2 aromatic carbocycles. The van der Waals surface area contributed by atoms with Gasteiger partial charge in [0, 0.05) is 44.8 Å². The highest BCUT2D eigenvalue weighted by molar-refractivity contribution is 5.87. The van der Waals surface area contributed by atoms with E-state index in [1.54, 1.807) is 23.0 Å². The van der Waals surface area contributed by atoms with Crippen molar-refractivity contribution in [2.24, 2.45) is 0 Å². The molecule has 1 fully saturated rings. The lowest BCUT2D eigenvalue weighted by atomic mass is 10.2. The Kier molecular flexibility index (Phi) is 5.84. The van der Waals surface area contributed by atoms with Gasteiger partial charge in [0.05, 0.1) is 17.3 Å². The molecule has 4 aromatic rings. The minimum absolute atomic E-state index is 0.103. The molecular formula is C24H24FN7O. The molecular weight excluding hydrogens is 421 g/mol. The molecule has 5 rings (SSSR count). The summed E-state index contributed by atoms with van der Waals surface area (Å²) in [5, 5.41) is 8.52. The Hall–Kier alpha value is -4.01. The Morgan fingerprint density at radius 3 is 2.45 bits per heavy atom. The number of halogens is 1. The predicted octanol–water partition coefficient (Wildman–Crippen LogP) is 3.11. The average molecular weight is 446 g/mol. The zero-order chi connectivity index (χ0) is 22.6. The number of hydrogen-bond donors (Lipinski definition) is 1. The van der Waals surface area contributed by atoms with Crippen molar-refractivity contribution in [1.82, 2.24) is 24.6 Å². The summed E-state index contributed by atoms with van der Waals surface area (Å²) in [6.07, 6.45) is 3.61. The Bertz CT molecular complexity index is 1230. The van der Waals surface area contributed by atoms with Crippen LogP contribution in [0.1, 0.15) is 6.42 Å². The van der Waals surface area contributed by atoms with Gasteiger partial charge in [-0.25, -0.2) is 19.0 Å². The maximum Gasteiger partial charge on any atom is 0.224 e. The molecule has 2 aromatic heterocycles. The van der Waals surface area contributed by atoms with Crippen LogP contribution in [0.2, 0.25) is 0 Å². The van der Waals surface area contributed by atoms with E-state index >= 15 is 0 Å². The van der Waals surface area contributed by atoms with Gasteiger partial charge in [0.25, 0.3) is 0 Å². The average Bonchev–Trinajstić information content (AvgIpc) is 3.30. The first kappa shape index (κ1) is 20.9. The molecule has 1 aliphatic heterocycles. The summed E-state index contributed by atoms with van der Waals surface area (Å²) in [6, 6.07) is 16.3. The van der Waals surface area contributed by atoms with E-state index in [0.29, 0.717) is 37.5 Å². The monoisotopic (exact) mass is 445 g/mol. The Morgan fingerprint density at radius 1 is 0.939 bits per heavy atom. The van der Waals surface area contributed by atoms with E-state index in [1.807, 2.05) is 35.2 Å². The van der Waals surface area contributed by atoms with Crippen LogP contribution < -0.4 is 10.2 Å². The van der Waals surface area contributed by atoms with Gasteiger partial charge in [-0.15, -0.1) is 0 Å². The number of benzene rings is 2. The number of aromatic nitrogens is 4. The summed E-state index contributed by atoms with van der Waals surface area (Å²) < 4.78 is 14.9. The first-order chi connectivity index (χ1) is 16.2. The maximum atomic E-state index is 13.1. The third-order valence-electron chi connectivity index (χ3n) is 5.82. The second kappa shape index (κ2) is 9.23. The van der Waals surface area contributed by atoms with E-state index in [-0.39, 0.29) is 11.7 Å². The normalized spacial score (nSPS) is 14.0. The summed E-state index contributed by atoms with van der Waals surface area (Å²) >= 11 is 0. The van der Waals surface area contributed by atoms with E-state index < -0.39 is 0 Å². The lowest BCUT2D eigenvalue weighted by Crippen LogP contribution is -2.49. The predicted molar refractivity (Wildman–Crippen MR) is 125 cm³/mol. The number of para-hydroxylation sites is 1. The van der Waals surface area contributed by atoms with Gasteiger partial charge in [-0.3, -0.25) is 4.79 Å². The van der Waals surface area contributed by atoms with Gasteiger partial charge in [-0.05, 0) is 36.4 Å². The molecule has 1 saturated heterocycles. The van der Waals surface area contributed by atoms with Crippen LogP contribution in [0.4, 0.5) is 15.9 Å². The lowest BCUT2D eigenvalue weighted by molar-refractivity contribution is -0.131. The molecule has 8 nitrogen and oxygen atoms in total. The van der Waals surface area contributed by atoms with Gasteiger partial charge in [0.15, 0.2) is 5.65 Å². The number of carbonyl (C=O) groups is 1. The molecule has 3 heterocycles. The molecule has 0 bridgehead atoms. The van der Waals surface area contributed by atoms with Crippen molar-refractivity contribution in [2.75, 3.05) is 42.9 Å². The van der Waals surface area contributed by atoms with Gasteiger partial charge < -0.3 is 15.1 Å². The standard InChI is InChI=1S/C24H24FN7O/c25-18-6-8-19(9-7-18)30-12-14-31(15-13-30)22(33)10-11-26-23-21-16-29-32(24(21)28-17-27-23)20-4-2-1-3-5-20/h1-9,16-17H,10-15H2,(H,26,27,28). The second-order valence-corrected chi connectivity index (χ2v) is 7.87. The van der Waals surface area contributed by atoms with Crippen LogP contribution in [0.3, 0.4) is 0 Å². The number of piperazine rings is 1. The highest BCUT2D eigenvalue weighted by Gasteiger charge is 2.21. The van der Waals surface area contributed by atoms with E-state index in [9.17, 15) is 9.18 Å². The van der Waals surface area contributed by atoms with E-state index in [1.165, 1.54) is 18.5 Å². The Balaban J connectivity index is 1.16. The molecule has 0 spiro atoms. The molecule has 0 radical (unpaired) electrons. The number of nitrogens with one attached hydrogen (secondary N) is 1. The molecule has 1 N–H and O–H groups in total. The molecule has 33 heavy (non-hydrogen) atoms. The van der Waals surface area contributed by atoms with Crippen LogP contribution >= 0.6 is 0 Å². The third kappa shape index (κ3) is 4.48. The summed E-state index contributed by atoms with van der Waals surface area (Å²) in [7, 11) is 0. The van der Waals surface area contributed by atoms with Crippen molar-refractivity contribution in [2.45, 2.75) is 6.42 Å². The number of nitrogens with zero attached hydrogens (tertiary/aromatic N) is 6. The molecule has 1 amide bonds. The van der Waals surface area contributed by atoms with Crippen molar-refractivity contribution in [3.05, 3.63) is 72.9 Å². The number of rotatable bonds is 6. The van der Waals surface area contributed by atoms with Crippen molar-refractivity contribution >= 4 is 28.4 Å². The minimum Gasteiger partial charge on any atom is -0.369 e. The fourth-order valence-corrected chi connectivity index (χ4v) is 4.06. The van der Waals surface area contributed by atoms with Crippen molar-refractivity contribution in [3.8, 4) is 5.69 Å². The van der Waals surface area contributed by atoms with Crippen molar-refractivity contribution < 1.29 is 9.18 Å². The fraction of sp³-hybridized carbons (Fsp3) is 0.250.